The summed E-state index contributed by atoms with van der Waals surface area (Å²) in [5.74, 6) is -1.71. The highest BCUT2D eigenvalue weighted by molar-refractivity contribution is 5.99. The summed E-state index contributed by atoms with van der Waals surface area (Å²) in [4.78, 5) is 36.6. The molecule has 1 aromatic heterocycles. The number of aldehydes is 1. The summed E-state index contributed by atoms with van der Waals surface area (Å²) >= 11 is 0. The van der Waals surface area contributed by atoms with Crippen LogP contribution in [-0.2, 0) is 9.59 Å². The van der Waals surface area contributed by atoms with Crippen LogP contribution >= 0.6 is 0 Å². The first-order valence-electron chi connectivity index (χ1n) is 6.33. The topological polar surface area (TPSA) is 125 Å². The smallest absolute Gasteiger partial charge is 0.320 e. The number of benzene rings is 1. The number of nitrogens with one attached hydrogen (secondary N) is 2. The maximum atomic E-state index is 12.0. The van der Waals surface area contributed by atoms with E-state index in [2.05, 4.69) is 10.3 Å². The van der Waals surface area contributed by atoms with Crippen LogP contribution in [0.3, 0.4) is 0 Å². The van der Waals surface area contributed by atoms with E-state index in [0.717, 1.165) is 10.9 Å². The fourth-order valence-electron chi connectivity index (χ4n) is 1.96. The van der Waals surface area contributed by atoms with E-state index in [9.17, 15) is 14.4 Å². The zero-order valence-electron chi connectivity index (χ0n) is 11.1. The summed E-state index contributed by atoms with van der Waals surface area (Å²) < 4.78 is 0. The molecule has 0 aliphatic rings. The number of hydrogen-bond acceptors (Lipinski definition) is 4. The summed E-state index contributed by atoms with van der Waals surface area (Å²) in [6, 6.07) is 6.85. The largest absolute Gasteiger partial charge is 0.480 e. The number of aliphatic carboxylic acids is 1. The van der Waals surface area contributed by atoms with Crippen LogP contribution in [0.1, 0.15) is 16.9 Å². The normalized spacial score (nSPS) is 13.6. The lowest BCUT2D eigenvalue weighted by Gasteiger charge is -2.14. The van der Waals surface area contributed by atoms with Gasteiger partial charge in [0.2, 0.25) is 0 Å². The van der Waals surface area contributed by atoms with Gasteiger partial charge in [-0.25, -0.2) is 0 Å². The number of para-hydroxylation sites is 1. The molecular formula is C14H15N3O4. The van der Waals surface area contributed by atoms with Crippen molar-refractivity contribution in [3.05, 3.63) is 36.0 Å². The second-order valence-corrected chi connectivity index (χ2v) is 4.67. The summed E-state index contributed by atoms with van der Waals surface area (Å²) in [6.07, 6.45) is 0.314. The van der Waals surface area contributed by atoms with Gasteiger partial charge in [-0.3, -0.25) is 9.59 Å². The molecule has 110 valence electrons. The Kier molecular flexibility index (Phi) is 4.34. The molecule has 0 aliphatic heterocycles. The molecular weight excluding hydrogens is 274 g/mol. The van der Waals surface area contributed by atoms with Gasteiger partial charge in [-0.1, -0.05) is 18.2 Å². The first-order valence-corrected chi connectivity index (χ1v) is 6.33. The van der Waals surface area contributed by atoms with Gasteiger partial charge in [0, 0.05) is 17.3 Å². The van der Waals surface area contributed by atoms with Crippen molar-refractivity contribution in [2.75, 3.05) is 0 Å². The number of fused-ring (bicyclic) bond motifs is 1. The van der Waals surface area contributed by atoms with Crippen molar-refractivity contribution in [2.45, 2.75) is 18.5 Å². The Balaban J connectivity index is 2.08. The molecule has 1 heterocycles. The molecule has 0 saturated carbocycles. The molecule has 2 atom stereocenters. The summed E-state index contributed by atoms with van der Waals surface area (Å²) in [5, 5.41) is 12.0. The highest BCUT2D eigenvalue weighted by atomic mass is 16.4. The van der Waals surface area contributed by atoms with E-state index in [1.165, 1.54) is 0 Å². The highest BCUT2D eigenvalue weighted by Gasteiger charge is 2.21. The first-order chi connectivity index (χ1) is 10.0. The number of carboxylic acid groups (broad SMARTS) is 1. The number of carboxylic acids is 1. The minimum atomic E-state index is -1.22. The van der Waals surface area contributed by atoms with Crippen LogP contribution in [0.4, 0.5) is 0 Å². The number of aromatic nitrogens is 1. The number of carbonyl (C=O) groups is 3. The molecule has 2 unspecified atom stereocenters. The number of hydrogen-bond donors (Lipinski definition) is 4. The van der Waals surface area contributed by atoms with E-state index >= 15 is 0 Å². The van der Waals surface area contributed by atoms with Gasteiger partial charge in [0.25, 0.3) is 5.91 Å². The van der Waals surface area contributed by atoms with Crippen LogP contribution in [0.2, 0.25) is 0 Å². The van der Waals surface area contributed by atoms with Gasteiger partial charge >= 0.3 is 5.97 Å². The molecule has 21 heavy (non-hydrogen) atoms. The third-order valence-electron chi connectivity index (χ3n) is 3.08. The molecule has 0 bridgehead atoms. The van der Waals surface area contributed by atoms with Crippen LogP contribution < -0.4 is 11.1 Å². The van der Waals surface area contributed by atoms with Gasteiger partial charge < -0.3 is 25.9 Å². The molecule has 7 nitrogen and oxygen atoms in total. The number of aromatic amines is 1. The predicted octanol–water partition coefficient (Wildman–Crippen LogP) is 0.267. The minimum Gasteiger partial charge on any atom is -0.480 e. The summed E-state index contributed by atoms with van der Waals surface area (Å²) in [6.45, 7) is 0. The van der Waals surface area contributed by atoms with Crippen molar-refractivity contribution in [3.8, 4) is 0 Å². The van der Waals surface area contributed by atoms with Crippen molar-refractivity contribution in [3.63, 3.8) is 0 Å². The fourth-order valence-corrected chi connectivity index (χ4v) is 1.96. The van der Waals surface area contributed by atoms with Crippen molar-refractivity contribution in [2.24, 2.45) is 5.73 Å². The minimum absolute atomic E-state index is 0.162. The maximum Gasteiger partial charge on any atom is 0.320 e. The third-order valence-corrected chi connectivity index (χ3v) is 3.08. The lowest BCUT2D eigenvalue weighted by molar-refractivity contribution is -0.138. The molecule has 1 amide bonds. The van der Waals surface area contributed by atoms with Gasteiger partial charge in [-0.15, -0.1) is 0 Å². The highest BCUT2D eigenvalue weighted by Crippen LogP contribution is 2.14. The number of amides is 1. The van der Waals surface area contributed by atoms with Gasteiger partial charge in [-0.2, -0.15) is 0 Å². The van der Waals surface area contributed by atoms with Gasteiger partial charge in [0.1, 0.15) is 18.0 Å². The van der Waals surface area contributed by atoms with Crippen LogP contribution in [0, 0.1) is 0 Å². The van der Waals surface area contributed by atoms with Crippen molar-refractivity contribution < 1.29 is 19.5 Å². The van der Waals surface area contributed by atoms with Crippen LogP contribution in [0.5, 0.6) is 0 Å². The Hall–Kier alpha value is -2.67. The number of H-pyrrole nitrogens is 1. The lowest BCUT2D eigenvalue weighted by atomic mass is 10.1. The Bertz CT molecular complexity index is 647. The van der Waals surface area contributed by atoms with Crippen molar-refractivity contribution >= 4 is 29.1 Å². The molecule has 5 N–H and O–H groups in total. The molecule has 0 spiro atoms. The monoisotopic (exact) mass is 289 g/mol. The van der Waals surface area contributed by atoms with Gasteiger partial charge in [-0.05, 0) is 12.1 Å². The second kappa shape index (κ2) is 6.19. The molecule has 2 rings (SSSR count). The van der Waals surface area contributed by atoms with E-state index in [-0.39, 0.29) is 6.42 Å². The predicted molar refractivity (Wildman–Crippen MR) is 75.8 cm³/mol. The van der Waals surface area contributed by atoms with Crippen molar-refractivity contribution in [1.82, 2.24) is 10.3 Å². The number of rotatable bonds is 6. The van der Waals surface area contributed by atoms with Crippen LogP contribution in [-0.4, -0.2) is 40.3 Å². The molecule has 1 aromatic carbocycles. The van der Waals surface area contributed by atoms with E-state index in [4.69, 9.17) is 10.8 Å². The van der Waals surface area contributed by atoms with Crippen molar-refractivity contribution in [1.29, 1.82) is 0 Å². The zero-order chi connectivity index (χ0) is 15.4. The van der Waals surface area contributed by atoms with E-state index in [1.54, 1.807) is 6.07 Å². The maximum absolute atomic E-state index is 12.0. The van der Waals surface area contributed by atoms with Crippen LogP contribution in [0.25, 0.3) is 10.9 Å². The molecule has 0 fully saturated rings. The molecule has 0 aliphatic carbocycles. The van der Waals surface area contributed by atoms with E-state index < -0.39 is 24.0 Å². The number of nitrogens with two attached hydrogens (primary N) is 1. The Morgan fingerprint density at radius 3 is 2.71 bits per heavy atom. The average molecular weight is 289 g/mol. The van der Waals surface area contributed by atoms with Crippen LogP contribution in [0.15, 0.2) is 30.3 Å². The summed E-state index contributed by atoms with van der Waals surface area (Å²) in [5.41, 5.74) is 6.45. The quantitative estimate of drug-likeness (QED) is 0.568. The van der Waals surface area contributed by atoms with Gasteiger partial charge in [0.15, 0.2) is 0 Å². The second-order valence-electron chi connectivity index (χ2n) is 4.67. The van der Waals surface area contributed by atoms with Gasteiger partial charge in [0.05, 0.1) is 6.04 Å². The average Bonchev–Trinajstić information content (AvgIpc) is 2.90. The third kappa shape index (κ3) is 3.46. The Morgan fingerprint density at radius 1 is 1.38 bits per heavy atom. The zero-order valence-corrected chi connectivity index (χ0v) is 11.1. The first kappa shape index (κ1) is 14.7. The molecule has 0 saturated heterocycles. The van der Waals surface area contributed by atoms with E-state index in [1.807, 2.05) is 24.3 Å². The standard InChI is InChI=1S/C14H15N3O4/c15-10(14(20)21)6-9(7-18)16-13(19)12-5-8-3-1-2-4-11(8)17-12/h1-5,7,9-10,17H,6,15H2,(H,16,19)(H,20,21). The fraction of sp³-hybridized carbons (Fsp3) is 0.214. The SMILES string of the molecule is NC(CC(C=O)NC(=O)c1cc2ccccc2[nH]1)C(=O)O. The lowest BCUT2D eigenvalue weighted by Crippen LogP contribution is -2.43. The summed E-state index contributed by atoms with van der Waals surface area (Å²) in [7, 11) is 0. The molecule has 2 aromatic rings. The molecule has 0 radical (unpaired) electrons. The Morgan fingerprint density at radius 2 is 2.10 bits per heavy atom. The number of carbonyl (C=O) groups excluding carboxylic acids is 2. The Labute approximate surface area is 120 Å². The molecule has 7 heteroatoms. The van der Waals surface area contributed by atoms with E-state index in [0.29, 0.717) is 12.0 Å².